The summed E-state index contributed by atoms with van der Waals surface area (Å²) in [6.45, 7) is 4.97. The van der Waals surface area contributed by atoms with E-state index in [0.29, 0.717) is 12.1 Å². The van der Waals surface area contributed by atoms with Crippen LogP contribution in [-0.4, -0.2) is 61.8 Å². The summed E-state index contributed by atoms with van der Waals surface area (Å²) < 4.78 is 5.44. The van der Waals surface area contributed by atoms with Crippen LogP contribution in [0.2, 0.25) is 0 Å². The van der Waals surface area contributed by atoms with Crippen LogP contribution in [0.25, 0.3) is 0 Å². The first-order valence-corrected chi connectivity index (χ1v) is 8.18. The number of nitrogens with one attached hydrogen (secondary N) is 2. The zero-order valence-corrected chi connectivity index (χ0v) is 12.3. The predicted molar refractivity (Wildman–Crippen MR) is 77.6 cm³/mol. The van der Waals surface area contributed by atoms with E-state index in [1.165, 1.54) is 13.0 Å². The molecular weight excluding hydrogens is 254 g/mol. The van der Waals surface area contributed by atoms with Gasteiger partial charge in [0.25, 0.3) is 0 Å². The Kier molecular flexibility index (Phi) is 4.91. The van der Waals surface area contributed by atoms with Crippen LogP contribution >= 0.6 is 0 Å². The summed E-state index contributed by atoms with van der Waals surface area (Å²) in [7, 11) is 0. The standard InChI is InChI=1S/C15H27N3O2/c19-15(14-4-1-7-16-14)17-12-3-2-8-18(11-12)13-5-9-20-10-6-13/h12-14,16H,1-11H2,(H,17,19)/t12-,14?/m1/s1. The Morgan fingerprint density at radius 2 is 2.00 bits per heavy atom. The minimum Gasteiger partial charge on any atom is -0.381 e. The maximum Gasteiger partial charge on any atom is 0.237 e. The van der Waals surface area contributed by atoms with Gasteiger partial charge in [0.1, 0.15) is 0 Å². The largest absolute Gasteiger partial charge is 0.381 e. The van der Waals surface area contributed by atoms with Crippen molar-refractivity contribution < 1.29 is 9.53 Å². The molecule has 2 N–H and O–H groups in total. The van der Waals surface area contributed by atoms with E-state index < -0.39 is 0 Å². The molecule has 0 aromatic rings. The van der Waals surface area contributed by atoms with Crippen molar-refractivity contribution >= 4 is 5.91 Å². The molecule has 3 aliphatic heterocycles. The number of hydrogen-bond acceptors (Lipinski definition) is 4. The van der Waals surface area contributed by atoms with E-state index in [1.54, 1.807) is 0 Å². The van der Waals surface area contributed by atoms with E-state index in [9.17, 15) is 4.79 Å². The molecule has 0 bridgehead atoms. The van der Waals surface area contributed by atoms with Crippen molar-refractivity contribution in [2.24, 2.45) is 0 Å². The van der Waals surface area contributed by atoms with Crippen LogP contribution in [0, 0.1) is 0 Å². The normalized spacial score (nSPS) is 33.2. The van der Waals surface area contributed by atoms with Gasteiger partial charge >= 0.3 is 0 Å². The van der Waals surface area contributed by atoms with Gasteiger partial charge in [-0.25, -0.2) is 0 Å². The minimum atomic E-state index is 0.0495. The van der Waals surface area contributed by atoms with E-state index in [4.69, 9.17) is 4.74 Å². The van der Waals surface area contributed by atoms with Crippen LogP contribution in [0.15, 0.2) is 0 Å². The molecule has 0 saturated carbocycles. The molecule has 1 amide bonds. The average molecular weight is 281 g/mol. The Balaban J connectivity index is 1.48. The van der Waals surface area contributed by atoms with Gasteiger partial charge < -0.3 is 15.4 Å². The van der Waals surface area contributed by atoms with Gasteiger partial charge in [-0.15, -0.1) is 0 Å². The van der Waals surface area contributed by atoms with Crippen molar-refractivity contribution in [3.05, 3.63) is 0 Å². The number of carbonyl (C=O) groups is 1. The number of nitrogens with zero attached hydrogens (tertiary/aromatic N) is 1. The molecule has 5 heteroatoms. The molecule has 20 heavy (non-hydrogen) atoms. The summed E-state index contributed by atoms with van der Waals surface area (Å²) in [4.78, 5) is 14.8. The second kappa shape index (κ2) is 6.87. The van der Waals surface area contributed by atoms with Gasteiger partial charge in [-0.2, -0.15) is 0 Å². The topological polar surface area (TPSA) is 53.6 Å². The molecule has 3 rings (SSSR count). The van der Waals surface area contributed by atoms with E-state index in [2.05, 4.69) is 15.5 Å². The Morgan fingerprint density at radius 1 is 1.15 bits per heavy atom. The molecule has 0 aromatic heterocycles. The summed E-state index contributed by atoms with van der Waals surface area (Å²) in [6.07, 6.45) is 6.72. The lowest BCUT2D eigenvalue weighted by Gasteiger charge is -2.40. The van der Waals surface area contributed by atoms with E-state index >= 15 is 0 Å². The number of rotatable bonds is 3. The predicted octanol–water partition coefficient (Wildman–Crippen LogP) is 0.498. The number of likely N-dealkylation sites (tertiary alicyclic amines) is 1. The fourth-order valence-corrected chi connectivity index (χ4v) is 3.72. The lowest BCUT2D eigenvalue weighted by atomic mass is 9.99. The number of carbonyl (C=O) groups excluding carboxylic acids is 1. The molecule has 0 aliphatic carbocycles. The second-order valence-electron chi connectivity index (χ2n) is 6.34. The highest BCUT2D eigenvalue weighted by Gasteiger charge is 2.30. The fourth-order valence-electron chi connectivity index (χ4n) is 3.72. The van der Waals surface area contributed by atoms with Crippen molar-refractivity contribution in [1.82, 2.24) is 15.5 Å². The van der Waals surface area contributed by atoms with Gasteiger partial charge in [0.05, 0.1) is 6.04 Å². The first kappa shape index (κ1) is 14.3. The number of amides is 1. The molecule has 3 heterocycles. The van der Waals surface area contributed by atoms with Gasteiger partial charge in [0.15, 0.2) is 0 Å². The maximum absolute atomic E-state index is 12.2. The molecule has 3 saturated heterocycles. The van der Waals surface area contributed by atoms with Crippen LogP contribution in [-0.2, 0) is 9.53 Å². The molecule has 0 aromatic carbocycles. The second-order valence-corrected chi connectivity index (χ2v) is 6.34. The summed E-state index contributed by atoms with van der Waals surface area (Å²) in [5, 5.41) is 6.53. The van der Waals surface area contributed by atoms with Crippen LogP contribution in [0.1, 0.15) is 38.5 Å². The van der Waals surface area contributed by atoms with Crippen LogP contribution in [0.3, 0.4) is 0 Å². The summed E-state index contributed by atoms with van der Waals surface area (Å²) >= 11 is 0. The zero-order chi connectivity index (χ0) is 13.8. The highest BCUT2D eigenvalue weighted by Crippen LogP contribution is 2.20. The van der Waals surface area contributed by atoms with E-state index in [0.717, 1.165) is 58.4 Å². The molecule has 0 radical (unpaired) electrons. The van der Waals surface area contributed by atoms with E-state index in [-0.39, 0.29) is 11.9 Å². The van der Waals surface area contributed by atoms with E-state index in [1.807, 2.05) is 0 Å². The first-order chi connectivity index (χ1) is 9.83. The van der Waals surface area contributed by atoms with Gasteiger partial charge in [-0.05, 0) is 51.6 Å². The van der Waals surface area contributed by atoms with Gasteiger partial charge in [-0.1, -0.05) is 0 Å². The highest BCUT2D eigenvalue weighted by atomic mass is 16.5. The number of piperidine rings is 1. The number of ether oxygens (including phenoxy) is 1. The van der Waals surface area contributed by atoms with Crippen molar-refractivity contribution in [2.75, 3.05) is 32.8 Å². The molecule has 3 aliphatic rings. The quantitative estimate of drug-likeness (QED) is 0.791. The lowest BCUT2D eigenvalue weighted by molar-refractivity contribution is -0.124. The monoisotopic (exact) mass is 281 g/mol. The fraction of sp³-hybridized carbons (Fsp3) is 0.933. The summed E-state index contributed by atoms with van der Waals surface area (Å²) in [5.41, 5.74) is 0. The Labute approximate surface area is 121 Å². The highest BCUT2D eigenvalue weighted by molar-refractivity contribution is 5.82. The van der Waals surface area contributed by atoms with Crippen molar-refractivity contribution in [1.29, 1.82) is 0 Å². The first-order valence-electron chi connectivity index (χ1n) is 8.18. The third kappa shape index (κ3) is 3.51. The molecular formula is C15H27N3O2. The van der Waals surface area contributed by atoms with Gasteiger partial charge in [0, 0.05) is 31.8 Å². The zero-order valence-electron chi connectivity index (χ0n) is 12.3. The average Bonchev–Trinajstić information content (AvgIpc) is 3.03. The Bertz CT molecular complexity index is 325. The molecule has 0 spiro atoms. The van der Waals surface area contributed by atoms with Gasteiger partial charge in [-0.3, -0.25) is 9.69 Å². The molecule has 1 unspecified atom stereocenters. The molecule has 5 nitrogen and oxygen atoms in total. The number of hydrogen-bond donors (Lipinski definition) is 2. The SMILES string of the molecule is O=C(N[C@@H]1CCCN(C2CCOCC2)C1)C1CCCN1. The smallest absolute Gasteiger partial charge is 0.237 e. The minimum absolute atomic E-state index is 0.0495. The van der Waals surface area contributed by atoms with Crippen LogP contribution in [0.4, 0.5) is 0 Å². The van der Waals surface area contributed by atoms with Crippen molar-refractivity contribution in [3.63, 3.8) is 0 Å². The lowest BCUT2D eigenvalue weighted by Crippen LogP contribution is -2.54. The summed E-state index contributed by atoms with van der Waals surface area (Å²) in [6, 6.07) is 1.04. The Hall–Kier alpha value is -0.650. The summed E-state index contributed by atoms with van der Waals surface area (Å²) in [5.74, 6) is 0.210. The third-order valence-corrected chi connectivity index (χ3v) is 4.88. The van der Waals surface area contributed by atoms with Crippen LogP contribution < -0.4 is 10.6 Å². The molecule has 2 atom stereocenters. The van der Waals surface area contributed by atoms with Crippen molar-refractivity contribution in [3.8, 4) is 0 Å². The third-order valence-electron chi connectivity index (χ3n) is 4.88. The van der Waals surface area contributed by atoms with Gasteiger partial charge in [0.2, 0.25) is 5.91 Å². The van der Waals surface area contributed by atoms with Crippen molar-refractivity contribution in [2.45, 2.75) is 56.7 Å². The Morgan fingerprint density at radius 3 is 2.75 bits per heavy atom. The maximum atomic E-state index is 12.2. The molecule has 3 fully saturated rings. The molecule has 114 valence electrons. The van der Waals surface area contributed by atoms with Crippen LogP contribution in [0.5, 0.6) is 0 Å².